The fourth-order valence-electron chi connectivity index (χ4n) is 2.08. The first-order valence-electron chi connectivity index (χ1n) is 6.05. The number of rotatable bonds is 5. The average molecular weight is 214 g/mol. The molecule has 1 fully saturated rings. The summed E-state index contributed by atoms with van der Waals surface area (Å²) in [5.41, 5.74) is 0. The van der Waals surface area contributed by atoms with Gasteiger partial charge in [0, 0.05) is 19.6 Å². The first-order valence-corrected chi connectivity index (χ1v) is 6.05. The predicted molar refractivity (Wildman–Crippen MR) is 58.6 cm³/mol. The molecule has 1 unspecified atom stereocenters. The van der Waals surface area contributed by atoms with Crippen molar-refractivity contribution in [1.29, 1.82) is 0 Å². The second-order valence-electron chi connectivity index (χ2n) is 3.95. The summed E-state index contributed by atoms with van der Waals surface area (Å²) in [4.78, 5) is 11.8. The average Bonchev–Trinajstić information content (AvgIpc) is 2.43. The Morgan fingerprint density at radius 2 is 1.87 bits per heavy atom. The lowest BCUT2D eigenvalue weighted by Gasteiger charge is -2.24. The molecule has 0 bridgehead atoms. The molecule has 1 rings (SSSR count). The minimum absolute atomic E-state index is 0.0348. The molecule has 1 atom stereocenters. The van der Waals surface area contributed by atoms with Crippen LogP contribution in [0.2, 0.25) is 0 Å². The number of hydrogen-bond acceptors (Lipinski definition) is 3. The fourth-order valence-corrected chi connectivity index (χ4v) is 2.08. The van der Waals surface area contributed by atoms with Crippen LogP contribution in [0.5, 0.6) is 0 Å². The van der Waals surface area contributed by atoms with Gasteiger partial charge in [-0.05, 0) is 26.7 Å². The number of ether oxygens (including phenoxy) is 2. The van der Waals surface area contributed by atoms with Gasteiger partial charge >= 0.3 is 0 Å². The highest BCUT2D eigenvalue weighted by atomic mass is 16.7. The molecule has 0 aromatic heterocycles. The van der Waals surface area contributed by atoms with Crippen LogP contribution in [0.1, 0.15) is 46.0 Å². The summed E-state index contributed by atoms with van der Waals surface area (Å²) < 4.78 is 11.0. The van der Waals surface area contributed by atoms with Gasteiger partial charge < -0.3 is 9.47 Å². The third-order valence-electron chi connectivity index (χ3n) is 2.84. The Hall–Kier alpha value is -0.410. The number of hydrogen-bond donors (Lipinski definition) is 0. The van der Waals surface area contributed by atoms with E-state index in [1.165, 1.54) is 0 Å². The van der Waals surface area contributed by atoms with Crippen molar-refractivity contribution in [3.05, 3.63) is 0 Å². The van der Waals surface area contributed by atoms with Crippen LogP contribution in [0.4, 0.5) is 0 Å². The van der Waals surface area contributed by atoms with Crippen molar-refractivity contribution in [2.45, 2.75) is 52.2 Å². The lowest BCUT2D eigenvalue weighted by Crippen LogP contribution is -2.32. The normalized spacial score (nSPS) is 23.1. The zero-order valence-electron chi connectivity index (χ0n) is 9.83. The van der Waals surface area contributed by atoms with Gasteiger partial charge in [0.1, 0.15) is 5.78 Å². The molecule has 0 spiro atoms. The van der Waals surface area contributed by atoms with Crippen molar-refractivity contribution in [3.63, 3.8) is 0 Å². The van der Waals surface area contributed by atoms with E-state index < -0.39 is 0 Å². The highest BCUT2D eigenvalue weighted by Gasteiger charge is 2.29. The van der Waals surface area contributed by atoms with Crippen molar-refractivity contribution < 1.29 is 14.3 Å². The Morgan fingerprint density at radius 3 is 2.47 bits per heavy atom. The van der Waals surface area contributed by atoms with Crippen molar-refractivity contribution in [2.24, 2.45) is 5.92 Å². The van der Waals surface area contributed by atoms with E-state index in [1.54, 1.807) is 0 Å². The van der Waals surface area contributed by atoms with E-state index in [1.807, 2.05) is 13.8 Å². The van der Waals surface area contributed by atoms with E-state index in [2.05, 4.69) is 0 Å². The van der Waals surface area contributed by atoms with Gasteiger partial charge in [-0.25, -0.2) is 0 Å². The van der Waals surface area contributed by atoms with E-state index in [9.17, 15) is 4.79 Å². The third kappa shape index (κ3) is 3.92. The van der Waals surface area contributed by atoms with Gasteiger partial charge in [-0.2, -0.15) is 0 Å². The molecule has 3 heteroatoms. The van der Waals surface area contributed by atoms with Crippen LogP contribution in [0.15, 0.2) is 0 Å². The molecule has 0 aliphatic heterocycles. The fraction of sp³-hybridized carbons (Fsp3) is 0.917. The van der Waals surface area contributed by atoms with Gasteiger partial charge in [-0.3, -0.25) is 4.79 Å². The van der Waals surface area contributed by atoms with Gasteiger partial charge in [0.15, 0.2) is 6.29 Å². The molecular formula is C12H22O3. The summed E-state index contributed by atoms with van der Waals surface area (Å²) >= 11 is 0. The summed E-state index contributed by atoms with van der Waals surface area (Å²) in [6.45, 7) is 5.09. The van der Waals surface area contributed by atoms with E-state index >= 15 is 0 Å². The Morgan fingerprint density at radius 1 is 1.20 bits per heavy atom. The third-order valence-corrected chi connectivity index (χ3v) is 2.84. The predicted octanol–water partition coefficient (Wildman–Crippen LogP) is 2.53. The molecule has 0 aromatic carbocycles. The molecule has 0 saturated heterocycles. The summed E-state index contributed by atoms with van der Waals surface area (Å²) in [6, 6.07) is 0. The van der Waals surface area contributed by atoms with Gasteiger partial charge in [-0.1, -0.05) is 12.8 Å². The molecule has 3 nitrogen and oxygen atoms in total. The molecule has 0 N–H and O–H groups in total. The first kappa shape index (κ1) is 12.7. The topological polar surface area (TPSA) is 35.5 Å². The van der Waals surface area contributed by atoms with Crippen molar-refractivity contribution >= 4 is 5.78 Å². The van der Waals surface area contributed by atoms with Crippen LogP contribution < -0.4 is 0 Å². The van der Waals surface area contributed by atoms with Crippen LogP contribution in [0.3, 0.4) is 0 Å². The number of Topliss-reactive ketones (excluding diaryl/α,β-unsaturated/α-hetero) is 1. The molecule has 0 amide bonds. The van der Waals surface area contributed by atoms with E-state index in [0.717, 1.165) is 25.7 Å². The molecule has 0 aromatic rings. The number of carbonyl (C=O) groups excluding carboxylic acids is 1. The maximum Gasteiger partial charge on any atom is 0.167 e. The van der Waals surface area contributed by atoms with Crippen LogP contribution in [0, 0.1) is 5.92 Å². The highest BCUT2D eigenvalue weighted by molar-refractivity contribution is 5.81. The largest absolute Gasteiger partial charge is 0.352 e. The Kier molecular flexibility index (Phi) is 5.88. The Balaban J connectivity index is 2.57. The minimum Gasteiger partial charge on any atom is -0.352 e. The molecule has 1 saturated carbocycles. The number of ketones is 1. The molecule has 0 heterocycles. The Bertz CT molecular complexity index is 185. The molecule has 1 aliphatic rings. The van der Waals surface area contributed by atoms with Gasteiger partial charge in [0.25, 0.3) is 0 Å². The van der Waals surface area contributed by atoms with Crippen LogP contribution in [-0.2, 0) is 14.3 Å². The van der Waals surface area contributed by atoms with Crippen LogP contribution >= 0.6 is 0 Å². The summed E-state index contributed by atoms with van der Waals surface area (Å²) in [5.74, 6) is 0.284. The van der Waals surface area contributed by atoms with Crippen LogP contribution in [-0.4, -0.2) is 25.3 Å². The highest BCUT2D eigenvalue weighted by Crippen LogP contribution is 2.25. The van der Waals surface area contributed by atoms with Crippen molar-refractivity contribution in [3.8, 4) is 0 Å². The van der Waals surface area contributed by atoms with Crippen molar-refractivity contribution in [1.82, 2.24) is 0 Å². The van der Waals surface area contributed by atoms with Crippen molar-refractivity contribution in [2.75, 3.05) is 13.2 Å². The monoisotopic (exact) mass is 214 g/mol. The summed E-state index contributed by atoms with van der Waals surface area (Å²) in [6.07, 6.45) is 4.61. The van der Waals surface area contributed by atoms with Gasteiger partial charge in [0.2, 0.25) is 0 Å². The maximum atomic E-state index is 11.8. The van der Waals surface area contributed by atoms with Gasteiger partial charge in [-0.15, -0.1) is 0 Å². The maximum absolute atomic E-state index is 11.8. The zero-order valence-corrected chi connectivity index (χ0v) is 9.83. The molecule has 0 radical (unpaired) electrons. The summed E-state index contributed by atoms with van der Waals surface area (Å²) in [5, 5.41) is 0. The smallest absolute Gasteiger partial charge is 0.167 e. The van der Waals surface area contributed by atoms with E-state index in [0.29, 0.717) is 25.4 Å². The number of carbonyl (C=O) groups is 1. The molecule has 15 heavy (non-hydrogen) atoms. The SMILES string of the molecule is CCOC(OCC)C1CCCCCC1=O. The lowest BCUT2D eigenvalue weighted by molar-refractivity contribution is -0.175. The quantitative estimate of drug-likeness (QED) is 0.521. The van der Waals surface area contributed by atoms with Gasteiger partial charge in [0.05, 0.1) is 5.92 Å². The minimum atomic E-state index is -0.314. The zero-order chi connectivity index (χ0) is 11.1. The van der Waals surface area contributed by atoms with E-state index in [4.69, 9.17) is 9.47 Å². The molecule has 1 aliphatic carbocycles. The second kappa shape index (κ2) is 6.96. The molecule has 88 valence electrons. The standard InChI is InChI=1S/C12H22O3/c1-3-14-12(15-4-2)10-8-6-5-7-9-11(10)13/h10,12H,3-9H2,1-2H3. The lowest BCUT2D eigenvalue weighted by atomic mass is 9.98. The second-order valence-corrected chi connectivity index (χ2v) is 3.95. The first-order chi connectivity index (χ1) is 7.29. The molecular weight excluding hydrogens is 192 g/mol. The Labute approximate surface area is 92.1 Å². The van der Waals surface area contributed by atoms with Crippen LogP contribution in [0.25, 0.3) is 0 Å². The van der Waals surface area contributed by atoms with E-state index in [-0.39, 0.29) is 12.2 Å². The summed E-state index contributed by atoms with van der Waals surface area (Å²) in [7, 11) is 0.